The molecule has 0 saturated carbocycles. The van der Waals surface area contributed by atoms with Crippen molar-refractivity contribution in [2.45, 2.75) is 341 Å². The van der Waals surface area contributed by atoms with Crippen LogP contribution in [0.4, 0.5) is 0 Å². The van der Waals surface area contributed by atoms with Crippen LogP contribution in [0.2, 0.25) is 0 Å². The molecule has 0 radical (unpaired) electrons. The van der Waals surface area contributed by atoms with E-state index < -0.39 is 26.5 Å². The zero-order valence-corrected chi connectivity index (χ0v) is 52.1. The molecule has 0 aromatic rings. The SMILES string of the molecule is CCCCCCC/C=C\C/C=C\CCCCCCCCCCCCCCCCCCCCCCCCCCCCCC(=O)OC(COC(=O)CCCCCCCCCCCCCCC)COP(=O)([O-])OCC[N+](C)(C)C. The van der Waals surface area contributed by atoms with Gasteiger partial charge in [0, 0.05) is 12.8 Å². The minimum absolute atomic E-state index is 0.0264. The van der Waals surface area contributed by atoms with Crippen molar-refractivity contribution in [3.8, 4) is 0 Å². The third-order valence-corrected chi connectivity index (χ3v) is 15.9. The lowest BCUT2D eigenvalue weighted by Gasteiger charge is -2.28. The largest absolute Gasteiger partial charge is 0.756 e. The van der Waals surface area contributed by atoms with Gasteiger partial charge in [0.2, 0.25) is 0 Å². The number of phosphoric acid groups is 1. The molecule has 9 nitrogen and oxygen atoms in total. The second-order valence-corrected chi connectivity index (χ2v) is 25.3. The van der Waals surface area contributed by atoms with Gasteiger partial charge < -0.3 is 27.9 Å². The predicted molar refractivity (Wildman–Crippen MR) is 324 cm³/mol. The monoisotopic (exact) mass is 1090 g/mol. The predicted octanol–water partition coefficient (Wildman–Crippen LogP) is 20.3. The van der Waals surface area contributed by atoms with E-state index in [2.05, 4.69) is 38.2 Å². The van der Waals surface area contributed by atoms with Crippen LogP contribution in [0, 0.1) is 0 Å². The molecule has 0 heterocycles. The Kier molecular flexibility index (Phi) is 57.0. The van der Waals surface area contributed by atoms with E-state index >= 15 is 0 Å². The Labute approximate surface area is 472 Å². The molecule has 0 aliphatic carbocycles. The Morgan fingerprint density at radius 2 is 0.711 bits per heavy atom. The van der Waals surface area contributed by atoms with Crippen LogP contribution in [0.5, 0.6) is 0 Å². The Morgan fingerprint density at radius 3 is 1.04 bits per heavy atom. The van der Waals surface area contributed by atoms with E-state index in [1.807, 2.05) is 21.1 Å². The molecule has 450 valence electrons. The summed E-state index contributed by atoms with van der Waals surface area (Å²) in [5, 5.41) is 0. The van der Waals surface area contributed by atoms with Crippen molar-refractivity contribution < 1.29 is 42.1 Å². The van der Waals surface area contributed by atoms with E-state index in [0.29, 0.717) is 17.4 Å². The quantitative estimate of drug-likeness (QED) is 0.0195. The van der Waals surface area contributed by atoms with Gasteiger partial charge in [0.15, 0.2) is 6.10 Å². The second kappa shape index (κ2) is 58.2. The number of unbranched alkanes of at least 4 members (excludes halogenated alkanes) is 44. The number of hydrogen-bond donors (Lipinski definition) is 0. The molecule has 0 amide bonds. The van der Waals surface area contributed by atoms with E-state index in [-0.39, 0.29) is 32.0 Å². The fourth-order valence-corrected chi connectivity index (χ4v) is 10.6. The van der Waals surface area contributed by atoms with Crippen LogP contribution in [-0.4, -0.2) is 70.0 Å². The molecule has 0 aliphatic rings. The molecule has 0 fully saturated rings. The first-order chi connectivity index (χ1) is 37.0. The van der Waals surface area contributed by atoms with Crippen molar-refractivity contribution in [1.29, 1.82) is 0 Å². The highest BCUT2D eigenvalue weighted by atomic mass is 31.2. The lowest BCUT2D eigenvalue weighted by Crippen LogP contribution is -2.37. The van der Waals surface area contributed by atoms with E-state index in [1.165, 1.54) is 263 Å². The summed E-state index contributed by atoms with van der Waals surface area (Å²) >= 11 is 0. The van der Waals surface area contributed by atoms with E-state index in [9.17, 15) is 19.0 Å². The molecule has 76 heavy (non-hydrogen) atoms. The average molecular weight is 1090 g/mol. The first-order valence-electron chi connectivity index (χ1n) is 33.0. The third kappa shape index (κ3) is 61.7. The number of phosphoric ester groups is 1. The van der Waals surface area contributed by atoms with Crippen molar-refractivity contribution in [1.82, 2.24) is 0 Å². The van der Waals surface area contributed by atoms with Gasteiger partial charge in [0.05, 0.1) is 27.7 Å². The molecule has 0 aromatic carbocycles. The first kappa shape index (κ1) is 74.5. The summed E-state index contributed by atoms with van der Waals surface area (Å²) in [6, 6.07) is 0. The van der Waals surface area contributed by atoms with Gasteiger partial charge in [-0.3, -0.25) is 14.2 Å². The number of esters is 2. The van der Waals surface area contributed by atoms with Gasteiger partial charge in [-0.15, -0.1) is 0 Å². The molecule has 0 bridgehead atoms. The molecule has 0 aliphatic heterocycles. The number of hydrogen-bond acceptors (Lipinski definition) is 8. The molecule has 2 unspecified atom stereocenters. The zero-order chi connectivity index (χ0) is 55.6. The van der Waals surface area contributed by atoms with E-state index in [4.69, 9.17) is 18.5 Å². The topological polar surface area (TPSA) is 111 Å². The van der Waals surface area contributed by atoms with Crippen LogP contribution >= 0.6 is 7.82 Å². The number of likely N-dealkylation sites (N-methyl/N-ethyl adjacent to an activating group) is 1. The molecule has 2 atom stereocenters. The molecule has 0 aromatic heterocycles. The number of quaternary nitrogens is 1. The smallest absolute Gasteiger partial charge is 0.306 e. The number of carbonyl (C=O) groups excluding carboxylic acids is 2. The maximum Gasteiger partial charge on any atom is 0.306 e. The standard InChI is InChI=1S/C66H128NO8P/c1-6-8-10-12-14-16-18-20-21-22-23-24-25-26-27-28-29-30-31-32-33-34-35-36-37-38-39-40-41-42-43-44-45-47-49-51-53-55-57-59-66(69)75-64(63-74-76(70,71)73-61-60-67(3,4)5)62-72-65(68)58-56-54-52-50-48-46-19-17-15-13-11-9-7-2/h18,20,22-23,64H,6-17,19,21,24-63H2,1-5H3/b20-18-,23-22-. The van der Waals surface area contributed by atoms with Crippen molar-refractivity contribution in [2.24, 2.45) is 0 Å². The summed E-state index contributed by atoms with van der Waals surface area (Å²) in [7, 11) is 1.19. The molecule has 0 spiro atoms. The Morgan fingerprint density at radius 1 is 0.408 bits per heavy atom. The Bertz CT molecular complexity index is 1330. The van der Waals surface area contributed by atoms with Gasteiger partial charge in [-0.2, -0.15) is 0 Å². The number of carbonyl (C=O) groups is 2. The lowest BCUT2D eigenvalue weighted by atomic mass is 10.0. The van der Waals surface area contributed by atoms with Crippen molar-refractivity contribution in [2.75, 3.05) is 47.5 Å². The van der Waals surface area contributed by atoms with Gasteiger partial charge >= 0.3 is 11.9 Å². The number of allylic oxidation sites excluding steroid dienone is 4. The summed E-state index contributed by atoms with van der Waals surface area (Å²) < 4.78 is 34.2. The molecular formula is C66H128NO8P. The van der Waals surface area contributed by atoms with Crippen molar-refractivity contribution in [3.05, 3.63) is 24.3 Å². The average Bonchev–Trinajstić information content (AvgIpc) is 3.38. The minimum Gasteiger partial charge on any atom is -0.756 e. The van der Waals surface area contributed by atoms with Gasteiger partial charge in [-0.05, 0) is 44.9 Å². The normalized spacial score (nSPS) is 13.3. The highest BCUT2D eigenvalue weighted by molar-refractivity contribution is 7.45. The summed E-state index contributed by atoms with van der Waals surface area (Å²) in [5.41, 5.74) is 0. The zero-order valence-electron chi connectivity index (χ0n) is 51.2. The van der Waals surface area contributed by atoms with Gasteiger partial charge in [-0.1, -0.05) is 301 Å². The van der Waals surface area contributed by atoms with Crippen molar-refractivity contribution in [3.63, 3.8) is 0 Å². The highest BCUT2D eigenvalue weighted by Gasteiger charge is 2.22. The fourth-order valence-electron chi connectivity index (χ4n) is 9.87. The molecule has 0 N–H and O–H groups in total. The summed E-state index contributed by atoms with van der Waals surface area (Å²) in [4.78, 5) is 37.8. The number of ether oxygens (including phenoxy) is 2. The molecule has 0 rings (SSSR count). The van der Waals surface area contributed by atoms with Crippen LogP contribution < -0.4 is 4.89 Å². The van der Waals surface area contributed by atoms with Crippen LogP contribution in [-0.2, 0) is 32.7 Å². The lowest BCUT2D eigenvalue weighted by molar-refractivity contribution is -0.870. The molecular weight excluding hydrogens is 966 g/mol. The van der Waals surface area contributed by atoms with E-state index in [0.717, 1.165) is 38.5 Å². The van der Waals surface area contributed by atoms with Gasteiger partial charge in [-0.25, -0.2) is 0 Å². The summed E-state index contributed by atoms with van der Waals surface area (Å²) in [6.45, 7) is 4.28. The second-order valence-electron chi connectivity index (χ2n) is 23.8. The Hall–Kier alpha value is -1.51. The molecule has 0 saturated heterocycles. The first-order valence-corrected chi connectivity index (χ1v) is 34.5. The number of nitrogens with zero attached hydrogens (tertiary/aromatic N) is 1. The summed E-state index contributed by atoms with van der Waals surface area (Å²) in [5.74, 6) is -0.813. The van der Waals surface area contributed by atoms with Crippen LogP contribution in [0.1, 0.15) is 335 Å². The number of rotatable bonds is 62. The maximum atomic E-state index is 12.8. The van der Waals surface area contributed by atoms with Crippen LogP contribution in [0.25, 0.3) is 0 Å². The van der Waals surface area contributed by atoms with E-state index in [1.54, 1.807) is 0 Å². The van der Waals surface area contributed by atoms with Crippen LogP contribution in [0.15, 0.2) is 24.3 Å². The van der Waals surface area contributed by atoms with Gasteiger partial charge in [0.25, 0.3) is 7.82 Å². The maximum absolute atomic E-state index is 12.8. The third-order valence-electron chi connectivity index (χ3n) is 15.0. The summed E-state index contributed by atoms with van der Waals surface area (Å²) in [6.07, 6.45) is 71.3. The van der Waals surface area contributed by atoms with Gasteiger partial charge in [0.1, 0.15) is 19.8 Å². The highest BCUT2D eigenvalue weighted by Crippen LogP contribution is 2.38. The Balaban J connectivity index is 3.84. The van der Waals surface area contributed by atoms with Crippen molar-refractivity contribution >= 4 is 19.8 Å². The fraction of sp³-hybridized carbons (Fsp3) is 0.909. The van der Waals surface area contributed by atoms with Crippen LogP contribution in [0.3, 0.4) is 0 Å². The minimum atomic E-state index is -4.63. The molecule has 10 heteroatoms.